The van der Waals surface area contributed by atoms with Gasteiger partial charge in [0.1, 0.15) is 11.8 Å². The number of nitrogens with zero attached hydrogens (tertiary/aromatic N) is 1. The van der Waals surface area contributed by atoms with E-state index in [-0.39, 0.29) is 11.7 Å². The monoisotopic (exact) mass is 309 g/mol. The number of allylic oxidation sites excluding steroid dienone is 2. The molecule has 0 aromatic heterocycles. The van der Waals surface area contributed by atoms with E-state index in [1.165, 1.54) is 12.0 Å². The Hall–Kier alpha value is -1.65. The Morgan fingerprint density at radius 3 is 2.68 bits per heavy atom. The summed E-state index contributed by atoms with van der Waals surface area (Å²) in [6.07, 6.45) is 8.58. The first-order valence-corrected chi connectivity index (χ1v) is 8.05. The topological polar surface area (TPSA) is 63.7 Å². The minimum absolute atomic E-state index is 0.0407. The third kappa shape index (κ3) is 4.97. The Morgan fingerprint density at radius 2 is 2.05 bits per heavy atom. The van der Waals surface area contributed by atoms with Crippen LogP contribution in [-0.4, -0.2) is 42.3 Å². The average Bonchev–Trinajstić information content (AvgIpc) is 3.01. The van der Waals surface area contributed by atoms with Crippen molar-refractivity contribution in [2.24, 2.45) is 5.92 Å². The summed E-state index contributed by atoms with van der Waals surface area (Å²) in [4.78, 5) is 37.8. The molecule has 1 saturated heterocycles. The quantitative estimate of drug-likeness (QED) is 0.299. The van der Waals surface area contributed by atoms with E-state index in [2.05, 4.69) is 6.08 Å². The number of Topliss-reactive ketones (excluding diaryl/α,β-unsaturated/α-hetero) is 1. The molecule has 0 saturated carbocycles. The van der Waals surface area contributed by atoms with Gasteiger partial charge in [-0.3, -0.25) is 9.59 Å². The minimum Gasteiger partial charge on any atom is -0.467 e. The van der Waals surface area contributed by atoms with Gasteiger partial charge in [0, 0.05) is 13.0 Å². The molecular formula is C17H27NO4. The van der Waals surface area contributed by atoms with Crippen LogP contribution in [0.25, 0.3) is 0 Å². The largest absolute Gasteiger partial charge is 0.467 e. The van der Waals surface area contributed by atoms with Gasteiger partial charge in [0.15, 0.2) is 0 Å². The van der Waals surface area contributed by atoms with Crippen LogP contribution in [0.2, 0.25) is 0 Å². The van der Waals surface area contributed by atoms with E-state index in [9.17, 15) is 14.4 Å². The fourth-order valence-electron chi connectivity index (χ4n) is 2.74. The lowest BCUT2D eigenvalue weighted by molar-refractivity contribution is -0.153. The summed E-state index contributed by atoms with van der Waals surface area (Å²) in [5.41, 5.74) is 0. The van der Waals surface area contributed by atoms with Crippen LogP contribution in [0.1, 0.15) is 52.4 Å². The van der Waals surface area contributed by atoms with Gasteiger partial charge < -0.3 is 9.64 Å². The molecule has 5 heteroatoms. The maximum atomic E-state index is 12.4. The lowest BCUT2D eigenvalue weighted by atomic mass is 9.99. The lowest BCUT2D eigenvalue weighted by Gasteiger charge is -2.25. The fraction of sp³-hybridized carbons (Fsp3) is 0.706. The van der Waals surface area contributed by atoms with E-state index in [1.54, 1.807) is 6.92 Å². The smallest absolute Gasteiger partial charge is 0.328 e. The molecule has 5 nitrogen and oxygen atoms in total. The molecule has 1 aliphatic rings. The van der Waals surface area contributed by atoms with Crippen LogP contribution in [0.15, 0.2) is 12.2 Å². The number of carbonyl (C=O) groups is 3. The molecule has 0 N–H and O–H groups in total. The zero-order chi connectivity index (χ0) is 16.5. The number of carbonyl (C=O) groups excluding carboxylic acids is 3. The van der Waals surface area contributed by atoms with Crippen molar-refractivity contribution in [3.05, 3.63) is 12.2 Å². The third-order valence-corrected chi connectivity index (χ3v) is 4.14. The van der Waals surface area contributed by atoms with Gasteiger partial charge >= 0.3 is 5.97 Å². The Balaban J connectivity index is 2.49. The number of hydrogen-bond donors (Lipinski definition) is 0. The lowest BCUT2D eigenvalue weighted by Crippen LogP contribution is -2.45. The van der Waals surface area contributed by atoms with Crippen LogP contribution in [0.5, 0.6) is 0 Å². The molecule has 0 aromatic rings. The molecule has 0 aromatic carbocycles. The van der Waals surface area contributed by atoms with Gasteiger partial charge in [0.05, 0.1) is 13.0 Å². The third-order valence-electron chi connectivity index (χ3n) is 4.14. The van der Waals surface area contributed by atoms with Crippen molar-refractivity contribution in [2.45, 2.75) is 58.4 Å². The maximum Gasteiger partial charge on any atom is 0.328 e. The summed E-state index contributed by atoms with van der Waals surface area (Å²) < 4.78 is 4.73. The van der Waals surface area contributed by atoms with Crippen LogP contribution in [0, 0.1) is 5.92 Å². The standard InChI is InChI=1S/C17H27NO4/c1-4-5-6-7-8-11-15(19)13(2)16(20)18-12-9-10-14(18)17(21)22-3/h4-5,13-14H,6-12H2,1-3H3/b5-4+/t13-,14+/m1/s1. The number of amides is 1. The Kier molecular flexibility index (Phi) is 7.85. The molecule has 0 spiro atoms. The van der Waals surface area contributed by atoms with Crippen molar-refractivity contribution in [2.75, 3.05) is 13.7 Å². The van der Waals surface area contributed by atoms with Gasteiger partial charge in [0.25, 0.3) is 0 Å². The van der Waals surface area contributed by atoms with Crippen LogP contribution < -0.4 is 0 Å². The van der Waals surface area contributed by atoms with Gasteiger partial charge in [-0.15, -0.1) is 0 Å². The van der Waals surface area contributed by atoms with Crippen molar-refractivity contribution in [1.82, 2.24) is 4.90 Å². The summed E-state index contributed by atoms with van der Waals surface area (Å²) in [5.74, 6) is -1.35. The molecule has 0 aliphatic carbocycles. The number of ketones is 1. The number of esters is 1. The van der Waals surface area contributed by atoms with Crippen LogP contribution >= 0.6 is 0 Å². The number of likely N-dealkylation sites (tertiary alicyclic amines) is 1. The highest BCUT2D eigenvalue weighted by atomic mass is 16.5. The predicted molar refractivity (Wildman–Crippen MR) is 84.2 cm³/mol. The Bertz CT molecular complexity index is 430. The van der Waals surface area contributed by atoms with Crippen molar-refractivity contribution in [1.29, 1.82) is 0 Å². The molecule has 1 amide bonds. The normalized spacial score (nSPS) is 19.4. The van der Waals surface area contributed by atoms with E-state index in [0.717, 1.165) is 25.7 Å². The molecule has 2 atom stereocenters. The second kappa shape index (κ2) is 9.38. The molecular weight excluding hydrogens is 282 g/mol. The zero-order valence-electron chi connectivity index (χ0n) is 13.8. The highest BCUT2D eigenvalue weighted by Gasteiger charge is 2.38. The second-order valence-electron chi connectivity index (χ2n) is 5.72. The Labute approximate surface area is 132 Å². The first kappa shape index (κ1) is 18.4. The molecule has 0 unspecified atom stereocenters. The molecule has 124 valence electrons. The van der Waals surface area contributed by atoms with Crippen molar-refractivity contribution in [3.63, 3.8) is 0 Å². The maximum absolute atomic E-state index is 12.4. The van der Waals surface area contributed by atoms with Gasteiger partial charge in [-0.1, -0.05) is 12.2 Å². The minimum atomic E-state index is -0.674. The number of unbranched alkanes of at least 4 members (excludes halogenated alkanes) is 2. The second-order valence-corrected chi connectivity index (χ2v) is 5.72. The van der Waals surface area contributed by atoms with Gasteiger partial charge in [-0.25, -0.2) is 4.79 Å². The molecule has 1 heterocycles. The number of hydrogen-bond acceptors (Lipinski definition) is 4. The SMILES string of the molecule is C/C=C/CCCCC(=O)[C@@H](C)C(=O)N1CCC[C@H]1C(=O)OC. The summed E-state index contributed by atoms with van der Waals surface area (Å²) in [5, 5.41) is 0. The molecule has 1 rings (SSSR count). The van der Waals surface area contributed by atoms with Crippen molar-refractivity contribution < 1.29 is 19.1 Å². The van der Waals surface area contributed by atoms with E-state index in [1.807, 2.05) is 13.0 Å². The van der Waals surface area contributed by atoms with Crippen molar-refractivity contribution in [3.8, 4) is 0 Å². The first-order chi connectivity index (χ1) is 10.5. The van der Waals surface area contributed by atoms with Crippen molar-refractivity contribution >= 4 is 17.7 Å². The predicted octanol–water partition coefficient (Wildman–Crippen LogP) is 2.49. The van der Waals surface area contributed by atoms with Crippen LogP contribution in [0.4, 0.5) is 0 Å². The van der Waals surface area contributed by atoms with E-state index >= 15 is 0 Å². The average molecular weight is 309 g/mol. The van der Waals surface area contributed by atoms with Crippen LogP contribution in [0.3, 0.4) is 0 Å². The van der Waals surface area contributed by atoms with E-state index < -0.39 is 17.9 Å². The molecule has 1 aliphatic heterocycles. The van der Waals surface area contributed by atoms with E-state index in [0.29, 0.717) is 19.4 Å². The van der Waals surface area contributed by atoms with Gasteiger partial charge in [-0.05, 0) is 46.0 Å². The molecule has 0 bridgehead atoms. The fourth-order valence-corrected chi connectivity index (χ4v) is 2.74. The van der Waals surface area contributed by atoms with E-state index in [4.69, 9.17) is 4.74 Å². The first-order valence-electron chi connectivity index (χ1n) is 8.05. The summed E-state index contributed by atoms with van der Waals surface area (Å²) in [6, 6.07) is -0.526. The van der Waals surface area contributed by atoms with Gasteiger partial charge in [0.2, 0.25) is 5.91 Å². The number of ether oxygens (including phenoxy) is 1. The molecule has 22 heavy (non-hydrogen) atoms. The molecule has 0 radical (unpaired) electrons. The number of methoxy groups -OCH3 is 1. The van der Waals surface area contributed by atoms with Crippen LogP contribution in [-0.2, 0) is 19.1 Å². The number of rotatable bonds is 8. The highest BCUT2D eigenvalue weighted by molar-refractivity contribution is 6.02. The molecule has 1 fully saturated rings. The zero-order valence-corrected chi connectivity index (χ0v) is 13.8. The summed E-state index contributed by atoms with van der Waals surface area (Å²) in [7, 11) is 1.32. The summed E-state index contributed by atoms with van der Waals surface area (Å²) >= 11 is 0. The Morgan fingerprint density at radius 1 is 1.32 bits per heavy atom. The highest BCUT2D eigenvalue weighted by Crippen LogP contribution is 2.22. The summed E-state index contributed by atoms with van der Waals surface area (Å²) in [6.45, 7) is 4.14. The van der Waals surface area contributed by atoms with Gasteiger partial charge in [-0.2, -0.15) is 0 Å².